The lowest BCUT2D eigenvalue weighted by Gasteiger charge is -2.11. The molecule has 0 radical (unpaired) electrons. The fourth-order valence-corrected chi connectivity index (χ4v) is 1.83. The summed E-state index contributed by atoms with van der Waals surface area (Å²) in [7, 11) is 0. The Morgan fingerprint density at radius 1 is 1.29 bits per heavy atom. The Morgan fingerprint density at radius 3 is 2.58 bits per heavy atom. The highest BCUT2D eigenvalue weighted by atomic mass is 19.4. The minimum absolute atomic E-state index is 0.0234. The van der Waals surface area contributed by atoms with Crippen molar-refractivity contribution in [1.29, 1.82) is 0 Å². The minimum atomic E-state index is -4.66. The number of aromatic nitrogens is 4. The molecule has 0 bridgehead atoms. The molecule has 2 rings (SSSR count). The Hall–Kier alpha value is -2.78. The number of ether oxygens (including phenoxy) is 1. The van der Waals surface area contributed by atoms with E-state index in [9.17, 15) is 22.8 Å². The van der Waals surface area contributed by atoms with Crippen molar-refractivity contribution in [1.82, 2.24) is 20.0 Å². The largest absolute Gasteiger partial charge is 0.461 e. The van der Waals surface area contributed by atoms with E-state index >= 15 is 0 Å². The molecule has 24 heavy (non-hydrogen) atoms. The van der Waals surface area contributed by atoms with Gasteiger partial charge in [-0.2, -0.15) is 13.2 Å². The van der Waals surface area contributed by atoms with E-state index in [0.717, 1.165) is 10.9 Å². The molecule has 0 amide bonds. The van der Waals surface area contributed by atoms with Crippen molar-refractivity contribution in [2.45, 2.75) is 26.4 Å². The summed E-state index contributed by atoms with van der Waals surface area (Å²) in [6.07, 6.45) is -2.82. The van der Waals surface area contributed by atoms with E-state index in [-0.39, 0.29) is 35.9 Å². The lowest BCUT2D eigenvalue weighted by atomic mass is 10.2. The number of pyridine rings is 1. The number of hydrogen-bond donors (Lipinski definition) is 0. The summed E-state index contributed by atoms with van der Waals surface area (Å²) in [4.78, 5) is 27.1. The van der Waals surface area contributed by atoms with Crippen molar-refractivity contribution < 1.29 is 27.5 Å². The van der Waals surface area contributed by atoms with E-state index in [1.807, 2.05) is 0 Å². The van der Waals surface area contributed by atoms with Gasteiger partial charge in [0, 0.05) is 12.6 Å². The van der Waals surface area contributed by atoms with Crippen molar-refractivity contribution in [3.63, 3.8) is 0 Å². The van der Waals surface area contributed by atoms with Gasteiger partial charge in [0.25, 0.3) is 0 Å². The lowest BCUT2D eigenvalue weighted by Crippen LogP contribution is -2.15. The summed E-state index contributed by atoms with van der Waals surface area (Å²) in [6, 6.07) is 0.703. The van der Waals surface area contributed by atoms with E-state index in [0.29, 0.717) is 12.3 Å². The third-order valence-corrected chi connectivity index (χ3v) is 3.01. The molecule has 0 aromatic carbocycles. The standard InChI is InChI=1S/C14H13F3N4O3/c1-3-11(22)9-7-21(20-19-9)10-5-8(14(15,16)17)6-18-12(10)13(23)24-4-2/h5-7H,3-4H2,1-2H3. The van der Waals surface area contributed by atoms with Gasteiger partial charge in [0.2, 0.25) is 0 Å². The van der Waals surface area contributed by atoms with Crippen LogP contribution >= 0.6 is 0 Å². The number of nitrogens with zero attached hydrogens (tertiary/aromatic N) is 4. The van der Waals surface area contributed by atoms with Crippen LogP contribution in [0.25, 0.3) is 5.69 Å². The van der Waals surface area contributed by atoms with Crippen molar-refractivity contribution in [2.24, 2.45) is 0 Å². The smallest absolute Gasteiger partial charge is 0.417 e. The second-order valence-electron chi connectivity index (χ2n) is 4.64. The molecule has 0 atom stereocenters. The number of ketones is 1. The van der Waals surface area contributed by atoms with E-state index in [1.165, 1.54) is 0 Å². The maximum absolute atomic E-state index is 12.9. The summed E-state index contributed by atoms with van der Waals surface area (Å²) in [6.45, 7) is 3.18. The van der Waals surface area contributed by atoms with Crippen LogP contribution in [0.2, 0.25) is 0 Å². The summed E-state index contributed by atoms with van der Waals surface area (Å²) >= 11 is 0. The third-order valence-electron chi connectivity index (χ3n) is 3.01. The van der Waals surface area contributed by atoms with E-state index < -0.39 is 17.7 Å². The molecule has 7 nitrogen and oxygen atoms in total. The molecule has 2 aromatic heterocycles. The van der Waals surface area contributed by atoms with Crippen LogP contribution < -0.4 is 0 Å². The SMILES string of the molecule is CCOC(=O)c1ncc(C(F)(F)F)cc1-n1cc(C(=O)CC)nn1. The Bertz CT molecular complexity index is 771. The molecule has 0 aliphatic heterocycles. The van der Waals surface area contributed by atoms with Crippen LogP contribution in [0.15, 0.2) is 18.5 Å². The fraction of sp³-hybridized carbons (Fsp3) is 0.357. The van der Waals surface area contributed by atoms with Crippen LogP contribution in [0.4, 0.5) is 13.2 Å². The van der Waals surface area contributed by atoms with Gasteiger partial charge in [-0.05, 0) is 13.0 Å². The highest BCUT2D eigenvalue weighted by Crippen LogP contribution is 2.30. The Morgan fingerprint density at radius 2 is 2.00 bits per heavy atom. The van der Waals surface area contributed by atoms with Gasteiger partial charge < -0.3 is 4.74 Å². The van der Waals surface area contributed by atoms with Gasteiger partial charge in [-0.1, -0.05) is 12.1 Å². The first-order valence-corrected chi connectivity index (χ1v) is 6.98. The Balaban J connectivity index is 2.57. The quantitative estimate of drug-likeness (QED) is 0.613. The van der Waals surface area contributed by atoms with Gasteiger partial charge in [0.15, 0.2) is 11.5 Å². The van der Waals surface area contributed by atoms with E-state index in [4.69, 9.17) is 4.74 Å². The molecule has 0 unspecified atom stereocenters. The first kappa shape index (κ1) is 17.6. The zero-order valence-corrected chi connectivity index (χ0v) is 12.8. The summed E-state index contributed by atoms with van der Waals surface area (Å²) in [5.41, 5.74) is -1.72. The molecule has 0 aliphatic carbocycles. The predicted molar refractivity (Wildman–Crippen MR) is 74.7 cm³/mol. The number of Topliss-reactive ketones (excluding diaryl/α,β-unsaturated/α-hetero) is 1. The van der Waals surface area contributed by atoms with Crippen molar-refractivity contribution in [3.05, 3.63) is 35.4 Å². The Labute approximate surface area is 134 Å². The van der Waals surface area contributed by atoms with Gasteiger partial charge in [0.1, 0.15) is 11.4 Å². The lowest BCUT2D eigenvalue weighted by molar-refractivity contribution is -0.137. The Kier molecular flexibility index (Phi) is 4.96. The van der Waals surface area contributed by atoms with Crippen molar-refractivity contribution >= 4 is 11.8 Å². The molecule has 0 saturated heterocycles. The summed E-state index contributed by atoms with van der Waals surface area (Å²) in [5.74, 6) is -1.24. The number of alkyl halides is 3. The van der Waals surface area contributed by atoms with E-state index in [1.54, 1.807) is 13.8 Å². The first-order valence-electron chi connectivity index (χ1n) is 6.98. The molecule has 128 valence electrons. The molecule has 10 heteroatoms. The van der Waals surface area contributed by atoms with Gasteiger partial charge >= 0.3 is 12.1 Å². The summed E-state index contributed by atoms with van der Waals surface area (Å²) < 4.78 is 44.4. The maximum Gasteiger partial charge on any atom is 0.417 e. The highest BCUT2D eigenvalue weighted by molar-refractivity contribution is 5.94. The summed E-state index contributed by atoms with van der Waals surface area (Å²) in [5, 5.41) is 7.22. The minimum Gasteiger partial charge on any atom is -0.461 e. The van der Waals surface area contributed by atoms with Gasteiger partial charge in [-0.25, -0.2) is 14.5 Å². The molecular weight excluding hydrogens is 329 g/mol. The van der Waals surface area contributed by atoms with Crippen LogP contribution in [-0.2, 0) is 10.9 Å². The average molecular weight is 342 g/mol. The number of hydrogen-bond acceptors (Lipinski definition) is 6. The van der Waals surface area contributed by atoms with Gasteiger partial charge in [0.05, 0.1) is 18.4 Å². The molecule has 0 fully saturated rings. The van der Waals surface area contributed by atoms with Crippen LogP contribution in [0.3, 0.4) is 0 Å². The zero-order chi connectivity index (χ0) is 17.9. The van der Waals surface area contributed by atoms with Crippen LogP contribution in [-0.4, -0.2) is 38.3 Å². The number of rotatable bonds is 5. The third kappa shape index (κ3) is 3.58. The van der Waals surface area contributed by atoms with Gasteiger partial charge in [-0.3, -0.25) is 4.79 Å². The van der Waals surface area contributed by atoms with Crippen molar-refractivity contribution in [2.75, 3.05) is 6.61 Å². The molecule has 2 aromatic rings. The van der Waals surface area contributed by atoms with Crippen LogP contribution in [0.5, 0.6) is 0 Å². The van der Waals surface area contributed by atoms with Crippen LogP contribution in [0, 0.1) is 0 Å². The fourth-order valence-electron chi connectivity index (χ4n) is 1.83. The monoisotopic (exact) mass is 342 g/mol. The molecule has 0 spiro atoms. The number of halogens is 3. The second-order valence-corrected chi connectivity index (χ2v) is 4.64. The first-order chi connectivity index (χ1) is 11.3. The molecule has 0 aliphatic rings. The molecular formula is C14H13F3N4O3. The average Bonchev–Trinajstić information content (AvgIpc) is 3.02. The topological polar surface area (TPSA) is 87.0 Å². The second kappa shape index (κ2) is 6.77. The highest BCUT2D eigenvalue weighted by Gasteiger charge is 2.33. The predicted octanol–water partition coefficient (Wildman–Crippen LogP) is 2.45. The normalized spacial score (nSPS) is 11.4. The van der Waals surface area contributed by atoms with Gasteiger partial charge in [-0.15, -0.1) is 5.10 Å². The molecule has 0 saturated carbocycles. The number of carbonyl (C=O) groups excluding carboxylic acids is 2. The number of esters is 1. The molecule has 0 N–H and O–H groups in total. The van der Waals surface area contributed by atoms with Crippen molar-refractivity contribution in [3.8, 4) is 5.69 Å². The van der Waals surface area contributed by atoms with E-state index in [2.05, 4.69) is 15.3 Å². The van der Waals surface area contributed by atoms with Crippen LogP contribution in [0.1, 0.15) is 46.8 Å². The number of carbonyl (C=O) groups is 2. The molecule has 2 heterocycles. The zero-order valence-electron chi connectivity index (χ0n) is 12.8. The maximum atomic E-state index is 12.9.